The van der Waals surface area contributed by atoms with E-state index in [1.807, 2.05) is 19.1 Å². The molecule has 0 spiro atoms. The standard InChI is InChI=1S/C13H12ClN3O2/c1-8(9-4-6-15-7-5-9)16-11-3-2-10(14)12(17-11)13(18)19/h2-8H,1H3,(H,16,17)(H,18,19). The number of aromatic carboxylic acids is 1. The van der Waals surface area contributed by atoms with Gasteiger partial charge in [-0.05, 0) is 36.8 Å². The maximum Gasteiger partial charge on any atom is 0.356 e. The van der Waals surface area contributed by atoms with Gasteiger partial charge in [-0.3, -0.25) is 4.98 Å². The first-order chi connectivity index (χ1) is 9.08. The van der Waals surface area contributed by atoms with Crippen molar-refractivity contribution >= 4 is 23.4 Å². The Morgan fingerprint density at radius 2 is 2.00 bits per heavy atom. The topological polar surface area (TPSA) is 75.1 Å². The molecule has 0 saturated heterocycles. The number of nitrogens with zero attached hydrogens (tertiary/aromatic N) is 2. The van der Waals surface area contributed by atoms with E-state index >= 15 is 0 Å². The van der Waals surface area contributed by atoms with Crippen LogP contribution in [0.5, 0.6) is 0 Å². The lowest BCUT2D eigenvalue weighted by Crippen LogP contribution is -2.10. The summed E-state index contributed by atoms with van der Waals surface area (Å²) in [5.41, 5.74) is 0.872. The lowest BCUT2D eigenvalue weighted by atomic mass is 10.1. The molecule has 6 heteroatoms. The van der Waals surface area contributed by atoms with Crippen LogP contribution in [0.4, 0.5) is 5.82 Å². The van der Waals surface area contributed by atoms with Crippen LogP contribution >= 0.6 is 11.6 Å². The summed E-state index contributed by atoms with van der Waals surface area (Å²) in [5, 5.41) is 12.2. The summed E-state index contributed by atoms with van der Waals surface area (Å²) in [6.45, 7) is 1.95. The van der Waals surface area contributed by atoms with E-state index in [-0.39, 0.29) is 16.8 Å². The zero-order chi connectivity index (χ0) is 13.8. The van der Waals surface area contributed by atoms with Gasteiger partial charge in [0.15, 0.2) is 5.69 Å². The molecule has 2 aromatic rings. The predicted molar refractivity (Wildman–Crippen MR) is 72.5 cm³/mol. The molecule has 19 heavy (non-hydrogen) atoms. The zero-order valence-electron chi connectivity index (χ0n) is 10.2. The van der Waals surface area contributed by atoms with Crippen LogP contribution in [0.1, 0.15) is 29.0 Å². The number of carbonyl (C=O) groups is 1. The van der Waals surface area contributed by atoms with Crippen molar-refractivity contribution in [1.82, 2.24) is 9.97 Å². The minimum Gasteiger partial charge on any atom is -0.476 e. The Balaban J connectivity index is 2.20. The van der Waals surface area contributed by atoms with Gasteiger partial charge in [0.1, 0.15) is 5.82 Å². The summed E-state index contributed by atoms with van der Waals surface area (Å²) in [4.78, 5) is 18.9. The van der Waals surface area contributed by atoms with Gasteiger partial charge in [0.2, 0.25) is 0 Å². The molecule has 0 aliphatic heterocycles. The maximum atomic E-state index is 10.9. The Kier molecular flexibility index (Phi) is 3.97. The van der Waals surface area contributed by atoms with Gasteiger partial charge in [-0.25, -0.2) is 9.78 Å². The van der Waals surface area contributed by atoms with Crippen LogP contribution < -0.4 is 5.32 Å². The fourth-order valence-electron chi connectivity index (χ4n) is 1.63. The number of halogens is 1. The Bertz CT molecular complexity index is 590. The van der Waals surface area contributed by atoms with Crippen LogP contribution in [-0.2, 0) is 0 Å². The van der Waals surface area contributed by atoms with Crippen LogP contribution in [-0.4, -0.2) is 21.0 Å². The first-order valence-electron chi connectivity index (χ1n) is 5.64. The molecule has 98 valence electrons. The van der Waals surface area contributed by atoms with E-state index in [4.69, 9.17) is 16.7 Å². The van der Waals surface area contributed by atoms with Gasteiger partial charge in [0, 0.05) is 12.4 Å². The Labute approximate surface area is 115 Å². The first kappa shape index (κ1) is 13.3. The van der Waals surface area contributed by atoms with Gasteiger partial charge >= 0.3 is 5.97 Å². The number of rotatable bonds is 4. The quantitative estimate of drug-likeness (QED) is 0.898. The van der Waals surface area contributed by atoms with Crippen LogP contribution in [0.3, 0.4) is 0 Å². The number of nitrogens with one attached hydrogen (secondary N) is 1. The third kappa shape index (κ3) is 3.20. The molecule has 0 aliphatic rings. The Hall–Kier alpha value is -2.14. The molecular weight excluding hydrogens is 266 g/mol. The number of hydrogen-bond acceptors (Lipinski definition) is 4. The first-order valence-corrected chi connectivity index (χ1v) is 6.02. The average molecular weight is 278 g/mol. The molecular formula is C13H12ClN3O2. The number of anilines is 1. The average Bonchev–Trinajstić information content (AvgIpc) is 2.41. The maximum absolute atomic E-state index is 10.9. The molecule has 2 rings (SSSR count). The third-order valence-electron chi connectivity index (χ3n) is 2.62. The van der Waals surface area contributed by atoms with Gasteiger partial charge < -0.3 is 10.4 Å². The van der Waals surface area contributed by atoms with E-state index in [0.717, 1.165) is 5.56 Å². The third-order valence-corrected chi connectivity index (χ3v) is 2.92. The predicted octanol–water partition coefficient (Wildman–Crippen LogP) is 3.00. The molecule has 2 aromatic heterocycles. The van der Waals surface area contributed by atoms with Crippen LogP contribution in [0.2, 0.25) is 5.02 Å². The largest absolute Gasteiger partial charge is 0.476 e. The highest BCUT2D eigenvalue weighted by Crippen LogP contribution is 2.20. The highest BCUT2D eigenvalue weighted by Gasteiger charge is 2.13. The van der Waals surface area contributed by atoms with Crippen molar-refractivity contribution in [3.63, 3.8) is 0 Å². The Morgan fingerprint density at radius 3 is 2.63 bits per heavy atom. The molecule has 0 bridgehead atoms. The van der Waals surface area contributed by atoms with Gasteiger partial charge in [0.05, 0.1) is 11.1 Å². The summed E-state index contributed by atoms with van der Waals surface area (Å²) in [7, 11) is 0. The fourth-order valence-corrected chi connectivity index (χ4v) is 1.82. The minimum absolute atomic E-state index is 0.0154. The lowest BCUT2D eigenvalue weighted by molar-refractivity contribution is 0.0691. The van der Waals surface area contributed by atoms with Gasteiger partial charge in [-0.15, -0.1) is 0 Å². The molecule has 5 nitrogen and oxygen atoms in total. The SMILES string of the molecule is CC(Nc1ccc(Cl)c(C(=O)O)n1)c1ccncc1. The van der Waals surface area contributed by atoms with Gasteiger partial charge in [-0.2, -0.15) is 0 Å². The van der Waals surface area contributed by atoms with Crippen LogP contribution in [0.15, 0.2) is 36.7 Å². The number of carboxylic acid groups (broad SMARTS) is 1. The lowest BCUT2D eigenvalue weighted by Gasteiger charge is -2.15. The molecule has 0 saturated carbocycles. The minimum atomic E-state index is -1.15. The smallest absolute Gasteiger partial charge is 0.356 e. The van der Waals surface area contributed by atoms with E-state index in [1.165, 1.54) is 6.07 Å². The number of hydrogen-bond donors (Lipinski definition) is 2. The van der Waals surface area contributed by atoms with Crippen molar-refractivity contribution < 1.29 is 9.90 Å². The van der Waals surface area contributed by atoms with Crippen molar-refractivity contribution in [1.29, 1.82) is 0 Å². The van der Waals surface area contributed by atoms with Crippen molar-refractivity contribution in [3.8, 4) is 0 Å². The molecule has 2 N–H and O–H groups in total. The highest BCUT2D eigenvalue weighted by molar-refractivity contribution is 6.33. The monoisotopic (exact) mass is 277 g/mol. The summed E-state index contributed by atoms with van der Waals surface area (Å²) < 4.78 is 0. The van der Waals surface area contributed by atoms with E-state index in [1.54, 1.807) is 18.5 Å². The summed E-state index contributed by atoms with van der Waals surface area (Å²) in [6, 6.07) is 6.90. The van der Waals surface area contributed by atoms with Gasteiger partial charge in [-0.1, -0.05) is 11.6 Å². The highest BCUT2D eigenvalue weighted by atomic mass is 35.5. The summed E-state index contributed by atoms with van der Waals surface area (Å²) in [6.07, 6.45) is 3.40. The normalized spacial score (nSPS) is 11.9. The molecule has 0 radical (unpaired) electrons. The molecule has 0 aromatic carbocycles. The van der Waals surface area contributed by atoms with E-state index < -0.39 is 5.97 Å². The second-order valence-electron chi connectivity index (χ2n) is 3.98. The number of carboxylic acids is 1. The zero-order valence-corrected chi connectivity index (χ0v) is 10.9. The van der Waals surface area contributed by atoms with Crippen molar-refractivity contribution in [2.75, 3.05) is 5.32 Å². The van der Waals surface area contributed by atoms with Crippen molar-refractivity contribution in [2.24, 2.45) is 0 Å². The van der Waals surface area contributed by atoms with Crippen LogP contribution in [0, 0.1) is 0 Å². The summed E-state index contributed by atoms with van der Waals surface area (Å²) >= 11 is 5.77. The molecule has 2 heterocycles. The Morgan fingerprint density at radius 1 is 1.32 bits per heavy atom. The molecule has 0 aliphatic carbocycles. The fraction of sp³-hybridized carbons (Fsp3) is 0.154. The molecule has 0 fully saturated rings. The molecule has 1 atom stereocenters. The second kappa shape index (κ2) is 5.67. The molecule has 0 amide bonds. The van der Waals surface area contributed by atoms with E-state index in [0.29, 0.717) is 5.82 Å². The second-order valence-corrected chi connectivity index (χ2v) is 4.39. The van der Waals surface area contributed by atoms with Crippen LogP contribution in [0.25, 0.3) is 0 Å². The van der Waals surface area contributed by atoms with Crippen molar-refractivity contribution in [3.05, 3.63) is 52.9 Å². The number of pyridine rings is 2. The van der Waals surface area contributed by atoms with Gasteiger partial charge in [0.25, 0.3) is 0 Å². The van der Waals surface area contributed by atoms with E-state index in [9.17, 15) is 4.79 Å². The molecule has 1 unspecified atom stereocenters. The van der Waals surface area contributed by atoms with Crippen molar-refractivity contribution in [2.45, 2.75) is 13.0 Å². The van der Waals surface area contributed by atoms with E-state index in [2.05, 4.69) is 15.3 Å². The number of aromatic nitrogens is 2. The summed E-state index contributed by atoms with van der Waals surface area (Å²) in [5.74, 6) is -0.684.